The summed E-state index contributed by atoms with van der Waals surface area (Å²) in [5.41, 5.74) is 2.29. The van der Waals surface area contributed by atoms with Gasteiger partial charge in [-0.3, -0.25) is 4.79 Å². The summed E-state index contributed by atoms with van der Waals surface area (Å²) in [6.45, 7) is 4.01. The Labute approximate surface area is 142 Å². The fraction of sp³-hybridized carbons (Fsp3) is 0.294. The van der Waals surface area contributed by atoms with Gasteiger partial charge in [0.2, 0.25) is 5.91 Å². The number of aryl methyl sites for hydroxylation is 1. The van der Waals surface area contributed by atoms with E-state index in [1.807, 2.05) is 6.92 Å². The number of nitrogens with zero attached hydrogens (tertiary/aromatic N) is 3. The number of aromatic amines is 1. The number of hydrogen-bond donors (Lipinski definition) is 2. The molecule has 2 N–H and O–H groups in total. The van der Waals surface area contributed by atoms with E-state index in [4.69, 9.17) is 0 Å². The largest absolute Gasteiger partial charge is 0.359 e. The topological polar surface area (TPSA) is 83.6 Å². The fourth-order valence-electron chi connectivity index (χ4n) is 2.49. The number of halogens is 2. The van der Waals surface area contributed by atoms with Gasteiger partial charge in [-0.2, -0.15) is 8.78 Å². The highest BCUT2D eigenvalue weighted by Crippen LogP contribution is 2.31. The van der Waals surface area contributed by atoms with E-state index in [0.717, 1.165) is 12.3 Å². The van der Waals surface area contributed by atoms with Crippen molar-refractivity contribution in [3.63, 3.8) is 0 Å². The molecule has 0 atom stereocenters. The van der Waals surface area contributed by atoms with Gasteiger partial charge in [-0.25, -0.2) is 15.0 Å². The fourth-order valence-corrected chi connectivity index (χ4v) is 2.49. The maximum absolute atomic E-state index is 13.7. The molecule has 0 saturated heterocycles. The van der Waals surface area contributed by atoms with Crippen molar-refractivity contribution in [2.75, 3.05) is 5.32 Å². The van der Waals surface area contributed by atoms with Crippen LogP contribution in [0.5, 0.6) is 0 Å². The normalized spacial score (nSPS) is 11.7. The Bertz CT molecular complexity index is 946. The first-order chi connectivity index (χ1) is 11.8. The molecule has 0 saturated carbocycles. The van der Waals surface area contributed by atoms with Gasteiger partial charge in [0.15, 0.2) is 5.82 Å². The number of rotatable bonds is 4. The zero-order valence-electron chi connectivity index (χ0n) is 14.0. The molecule has 0 aliphatic heterocycles. The number of amides is 1. The van der Waals surface area contributed by atoms with Crippen LogP contribution in [0.15, 0.2) is 24.5 Å². The third-order valence-electron chi connectivity index (χ3n) is 3.68. The summed E-state index contributed by atoms with van der Waals surface area (Å²) in [6.07, 6.45) is 3.77. The maximum Gasteiger partial charge on any atom is 0.303 e. The molecule has 0 aromatic carbocycles. The van der Waals surface area contributed by atoms with Crippen molar-refractivity contribution in [1.82, 2.24) is 19.9 Å². The molecule has 3 aromatic rings. The lowest BCUT2D eigenvalue weighted by Gasteiger charge is -2.12. The first-order valence-corrected chi connectivity index (χ1v) is 7.79. The molecular weight excluding hydrogens is 328 g/mol. The highest BCUT2D eigenvalue weighted by atomic mass is 19.3. The molecule has 3 rings (SSSR count). The third kappa shape index (κ3) is 3.47. The number of aromatic nitrogens is 4. The van der Waals surface area contributed by atoms with E-state index >= 15 is 0 Å². The Kier molecular flexibility index (Phi) is 4.20. The number of fused-ring (bicyclic) bond motifs is 1. The Morgan fingerprint density at radius 1 is 1.32 bits per heavy atom. The van der Waals surface area contributed by atoms with Crippen LogP contribution in [0.1, 0.15) is 32.3 Å². The second-order valence-corrected chi connectivity index (χ2v) is 5.81. The van der Waals surface area contributed by atoms with Crippen LogP contribution in [-0.2, 0) is 17.1 Å². The lowest BCUT2D eigenvalue weighted by molar-refractivity contribution is -0.114. The van der Waals surface area contributed by atoms with E-state index in [1.54, 1.807) is 24.5 Å². The number of anilines is 1. The van der Waals surface area contributed by atoms with Gasteiger partial charge in [-0.15, -0.1) is 0 Å². The minimum atomic E-state index is -3.13. The first kappa shape index (κ1) is 16.9. The maximum atomic E-state index is 13.7. The monoisotopic (exact) mass is 345 g/mol. The van der Waals surface area contributed by atoms with Gasteiger partial charge in [0.25, 0.3) is 0 Å². The Balaban J connectivity index is 2.17. The number of hydrogen-bond acceptors (Lipinski definition) is 4. The van der Waals surface area contributed by atoms with E-state index in [0.29, 0.717) is 34.7 Å². The summed E-state index contributed by atoms with van der Waals surface area (Å²) in [5.74, 6) is -3.50. The molecule has 0 aliphatic carbocycles. The molecule has 3 heterocycles. The van der Waals surface area contributed by atoms with Crippen molar-refractivity contribution in [1.29, 1.82) is 0 Å². The van der Waals surface area contributed by atoms with Crippen molar-refractivity contribution in [2.45, 2.75) is 33.1 Å². The lowest BCUT2D eigenvalue weighted by Crippen LogP contribution is -2.14. The van der Waals surface area contributed by atoms with Crippen molar-refractivity contribution >= 4 is 22.6 Å². The zero-order valence-corrected chi connectivity index (χ0v) is 14.0. The number of nitrogens with one attached hydrogen (secondary N) is 2. The van der Waals surface area contributed by atoms with Gasteiger partial charge < -0.3 is 10.3 Å². The van der Waals surface area contributed by atoms with Crippen molar-refractivity contribution < 1.29 is 13.6 Å². The van der Waals surface area contributed by atoms with Crippen LogP contribution in [-0.4, -0.2) is 25.8 Å². The predicted molar refractivity (Wildman–Crippen MR) is 90.4 cm³/mol. The van der Waals surface area contributed by atoms with Crippen LogP contribution in [0.25, 0.3) is 22.2 Å². The predicted octanol–water partition coefficient (Wildman–Crippen LogP) is 3.65. The van der Waals surface area contributed by atoms with E-state index in [9.17, 15) is 13.6 Å². The minimum absolute atomic E-state index is 0.243. The van der Waals surface area contributed by atoms with Gasteiger partial charge in [0, 0.05) is 36.7 Å². The highest BCUT2D eigenvalue weighted by molar-refractivity contribution is 5.97. The molecule has 130 valence electrons. The molecule has 8 heteroatoms. The molecule has 0 unspecified atom stereocenters. The van der Waals surface area contributed by atoms with Crippen LogP contribution in [0.2, 0.25) is 0 Å². The molecule has 0 bridgehead atoms. The Hall–Kier alpha value is -2.90. The average Bonchev–Trinajstić information content (AvgIpc) is 2.96. The molecule has 25 heavy (non-hydrogen) atoms. The van der Waals surface area contributed by atoms with Crippen LogP contribution in [0, 0.1) is 0 Å². The van der Waals surface area contributed by atoms with Gasteiger partial charge >= 0.3 is 5.92 Å². The smallest absolute Gasteiger partial charge is 0.303 e. The molecule has 0 aliphatic rings. The van der Waals surface area contributed by atoms with Gasteiger partial charge in [-0.1, -0.05) is 6.92 Å². The molecule has 1 amide bonds. The third-order valence-corrected chi connectivity index (χ3v) is 3.68. The van der Waals surface area contributed by atoms with Crippen LogP contribution >= 0.6 is 0 Å². The molecule has 0 fully saturated rings. The Morgan fingerprint density at radius 2 is 2.08 bits per heavy atom. The number of pyridine rings is 1. The van der Waals surface area contributed by atoms with Crippen molar-refractivity contribution in [2.24, 2.45) is 0 Å². The summed E-state index contributed by atoms with van der Waals surface area (Å²) < 4.78 is 27.4. The van der Waals surface area contributed by atoms with E-state index < -0.39 is 11.7 Å². The van der Waals surface area contributed by atoms with E-state index in [-0.39, 0.29) is 5.91 Å². The molecule has 6 nitrogen and oxygen atoms in total. The van der Waals surface area contributed by atoms with E-state index in [1.165, 1.54) is 6.92 Å². The van der Waals surface area contributed by atoms with Gasteiger partial charge in [0.1, 0.15) is 5.82 Å². The number of H-pyrrole nitrogens is 1. The second-order valence-electron chi connectivity index (χ2n) is 5.81. The quantitative estimate of drug-likeness (QED) is 0.756. The van der Waals surface area contributed by atoms with E-state index in [2.05, 4.69) is 25.3 Å². The summed E-state index contributed by atoms with van der Waals surface area (Å²) in [7, 11) is 0. The Morgan fingerprint density at radius 3 is 2.72 bits per heavy atom. The average molecular weight is 345 g/mol. The van der Waals surface area contributed by atoms with Crippen molar-refractivity contribution in [3.05, 3.63) is 36.0 Å². The second kappa shape index (κ2) is 6.19. The van der Waals surface area contributed by atoms with Crippen molar-refractivity contribution in [3.8, 4) is 11.3 Å². The zero-order chi connectivity index (χ0) is 18.2. The highest BCUT2D eigenvalue weighted by Gasteiger charge is 2.29. The number of carbonyl (C=O) groups is 1. The number of alkyl halides is 2. The van der Waals surface area contributed by atoms with Crippen LogP contribution in [0.3, 0.4) is 0 Å². The minimum Gasteiger partial charge on any atom is -0.359 e. The number of carbonyl (C=O) groups excluding carboxylic acids is 1. The molecular formula is C17H17F2N5O. The van der Waals surface area contributed by atoms with Gasteiger partial charge in [-0.05, 0) is 18.6 Å². The first-order valence-electron chi connectivity index (χ1n) is 7.79. The molecule has 0 radical (unpaired) electrons. The van der Waals surface area contributed by atoms with Crippen LogP contribution < -0.4 is 5.32 Å². The molecule has 0 spiro atoms. The SMILES string of the molecule is CCc1cc(-c2c[nH]c3cnc(NC(C)=O)cc23)nc(C(C)(F)F)n1. The summed E-state index contributed by atoms with van der Waals surface area (Å²) in [4.78, 5) is 26.4. The lowest BCUT2D eigenvalue weighted by atomic mass is 10.1. The summed E-state index contributed by atoms with van der Waals surface area (Å²) >= 11 is 0. The summed E-state index contributed by atoms with van der Waals surface area (Å²) in [5, 5.41) is 3.33. The summed E-state index contributed by atoms with van der Waals surface area (Å²) in [6, 6.07) is 3.37. The molecule has 3 aromatic heterocycles. The standard InChI is InChI=1S/C17H17F2N5O/c1-4-10-5-13(24-16(23-10)17(3,18)19)12-7-20-14-8-21-15(6-11(12)14)22-9(2)25/h5-8,20H,4H2,1-3H3,(H,21,22,25). The van der Waals surface area contributed by atoms with Gasteiger partial charge in [0.05, 0.1) is 17.4 Å². The van der Waals surface area contributed by atoms with Crippen LogP contribution in [0.4, 0.5) is 14.6 Å².